The van der Waals surface area contributed by atoms with Crippen molar-refractivity contribution in [3.05, 3.63) is 41.1 Å². The number of amides is 1. The quantitative estimate of drug-likeness (QED) is 0.797. The highest BCUT2D eigenvalue weighted by Gasteiger charge is 2.18. The Hall–Kier alpha value is -2.11. The lowest BCUT2D eigenvalue weighted by atomic mass is 10.2. The molecule has 0 spiro atoms. The second-order valence-corrected chi connectivity index (χ2v) is 6.11. The van der Waals surface area contributed by atoms with Gasteiger partial charge in [0, 0.05) is 28.9 Å². The number of nitrogens with one attached hydrogen (secondary N) is 1. The maximum absolute atomic E-state index is 12.2. The van der Waals surface area contributed by atoms with E-state index in [0.717, 1.165) is 35.7 Å². The summed E-state index contributed by atoms with van der Waals surface area (Å²) in [6.45, 7) is 1.27. The van der Waals surface area contributed by atoms with E-state index in [1.807, 2.05) is 18.2 Å². The van der Waals surface area contributed by atoms with Crippen LogP contribution in [0.5, 0.6) is 0 Å². The van der Waals surface area contributed by atoms with Gasteiger partial charge in [0.05, 0.1) is 11.6 Å². The van der Waals surface area contributed by atoms with Crippen LogP contribution in [0.4, 0.5) is 0 Å². The van der Waals surface area contributed by atoms with Crippen LogP contribution in [0.15, 0.2) is 34.7 Å². The number of rotatable bonds is 3. The molecule has 2 aromatic heterocycles. The first kappa shape index (κ1) is 14.5. The largest absolute Gasteiger partial charge is 0.433 e. The van der Waals surface area contributed by atoms with E-state index in [1.54, 1.807) is 12.1 Å². The number of hydrogen-bond acceptors (Lipinski definition) is 4. The van der Waals surface area contributed by atoms with E-state index in [2.05, 4.69) is 10.3 Å². The lowest BCUT2D eigenvalue weighted by Gasteiger charge is -2.09. The number of fused-ring (bicyclic) bond motifs is 2. The highest BCUT2D eigenvalue weighted by Crippen LogP contribution is 2.25. The van der Waals surface area contributed by atoms with Gasteiger partial charge in [-0.2, -0.15) is 0 Å². The zero-order chi connectivity index (χ0) is 15.8. The molecule has 0 aliphatic carbocycles. The molecule has 5 nitrogen and oxygen atoms in total. The van der Waals surface area contributed by atoms with E-state index < -0.39 is 0 Å². The molecule has 0 saturated carbocycles. The predicted octanol–water partition coefficient (Wildman–Crippen LogP) is 3.54. The number of pyridine rings is 1. The molecule has 23 heavy (non-hydrogen) atoms. The van der Waals surface area contributed by atoms with Crippen LogP contribution < -0.4 is 5.32 Å². The Balaban J connectivity index is 1.59. The molecular formula is C17H15ClN2O3. The molecule has 1 saturated heterocycles. The highest BCUT2D eigenvalue weighted by atomic mass is 35.5. The van der Waals surface area contributed by atoms with Crippen LogP contribution in [0.1, 0.15) is 23.4 Å². The molecule has 1 atom stereocenters. The second kappa shape index (κ2) is 5.83. The number of aromatic nitrogens is 1. The van der Waals surface area contributed by atoms with Crippen molar-refractivity contribution in [2.75, 3.05) is 13.2 Å². The van der Waals surface area contributed by atoms with Crippen LogP contribution in [0.2, 0.25) is 5.02 Å². The van der Waals surface area contributed by atoms with Crippen LogP contribution in [0.25, 0.3) is 22.0 Å². The summed E-state index contributed by atoms with van der Waals surface area (Å²) in [5.41, 5.74) is 1.17. The molecular weight excluding hydrogens is 316 g/mol. The van der Waals surface area contributed by atoms with E-state index in [0.29, 0.717) is 17.3 Å². The van der Waals surface area contributed by atoms with Gasteiger partial charge in [0.25, 0.3) is 5.91 Å². The molecule has 0 bridgehead atoms. The number of nitrogens with zero attached hydrogens (tertiary/aromatic N) is 1. The Morgan fingerprint density at radius 3 is 3.04 bits per heavy atom. The maximum atomic E-state index is 12.2. The Bertz CT molecular complexity index is 884. The maximum Gasteiger partial charge on any atom is 0.287 e. The van der Waals surface area contributed by atoms with Gasteiger partial charge in [0.1, 0.15) is 0 Å². The average Bonchev–Trinajstić information content (AvgIpc) is 3.19. The fourth-order valence-corrected chi connectivity index (χ4v) is 2.98. The highest BCUT2D eigenvalue weighted by molar-refractivity contribution is 6.31. The van der Waals surface area contributed by atoms with Crippen molar-refractivity contribution in [1.82, 2.24) is 10.3 Å². The first-order valence-corrected chi connectivity index (χ1v) is 7.96. The number of carbonyl (C=O) groups is 1. The summed E-state index contributed by atoms with van der Waals surface area (Å²) in [7, 11) is 0. The molecule has 1 unspecified atom stereocenters. The normalized spacial score (nSPS) is 17.9. The van der Waals surface area contributed by atoms with Gasteiger partial charge in [-0.15, -0.1) is 0 Å². The van der Waals surface area contributed by atoms with Gasteiger partial charge >= 0.3 is 0 Å². The van der Waals surface area contributed by atoms with E-state index in [-0.39, 0.29) is 17.8 Å². The Morgan fingerprint density at radius 2 is 2.22 bits per heavy atom. The zero-order valence-electron chi connectivity index (χ0n) is 12.3. The monoisotopic (exact) mass is 330 g/mol. The van der Waals surface area contributed by atoms with Crippen LogP contribution >= 0.6 is 11.6 Å². The SMILES string of the molecule is O=C(NCC1CCCO1)c1cc2cc3ccc(Cl)cc3nc2o1. The molecule has 1 aliphatic heterocycles. The summed E-state index contributed by atoms with van der Waals surface area (Å²) in [4.78, 5) is 16.6. The number of hydrogen-bond donors (Lipinski definition) is 1. The molecule has 3 aromatic rings. The molecule has 118 valence electrons. The second-order valence-electron chi connectivity index (χ2n) is 5.68. The molecule has 4 rings (SSSR count). The van der Waals surface area contributed by atoms with Gasteiger partial charge < -0.3 is 14.5 Å². The van der Waals surface area contributed by atoms with Gasteiger partial charge in [-0.25, -0.2) is 4.98 Å². The summed E-state index contributed by atoms with van der Waals surface area (Å²) in [6.07, 6.45) is 2.13. The average molecular weight is 331 g/mol. The molecule has 6 heteroatoms. The van der Waals surface area contributed by atoms with Crippen molar-refractivity contribution in [2.45, 2.75) is 18.9 Å². The van der Waals surface area contributed by atoms with Crippen molar-refractivity contribution in [3.63, 3.8) is 0 Å². The zero-order valence-corrected chi connectivity index (χ0v) is 13.1. The van der Waals surface area contributed by atoms with Gasteiger partial charge in [-0.05, 0) is 37.1 Å². The summed E-state index contributed by atoms with van der Waals surface area (Å²) in [5, 5.41) is 5.21. The van der Waals surface area contributed by atoms with E-state index >= 15 is 0 Å². The molecule has 1 fully saturated rings. The van der Waals surface area contributed by atoms with Gasteiger partial charge in [0.2, 0.25) is 5.71 Å². The fourth-order valence-electron chi connectivity index (χ4n) is 2.81. The van der Waals surface area contributed by atoms with Crippen LogP contribution in [-0.2, 0) is 4.74 Å². The number of ether oxygens (including phenoxy) is 1. The van der Waals surface area contributed by atoms with Crippen LogP contribution in [0, 0.1) is 0 Å². The summed E-state index contributed by atoms with van der Waals surface area (Å²) in [5.74, 6) is 0.00693. The molecule has 1 aromatic carbocycles. The lowest BCUT2D eigenvalue weighted by Crippen LogP contribution is -2.31. The van der Waals surface area contributed by atoms with E-state index in [1.165, 1.54) is 0 Å². The van der Waals surface area contributed by atoms with Crippen molar-refractivity contribution in [3.8, 4) is 0 Å². The smallest absolute Gasteiger partial charge is 0.287 e. The fraction of sp³-hybridized carbons (Fsp3) is 0.294. The molecule has 1 N–H and O–H groups in total. The van der Waals surface area contributed by atoms with Crippen molar-refractivity contribution < 1.29 is 13.9 Å². The summed E-state index contributed by atoms with van der Waals surface area (Å²) < 4.78 is 11.1. The molecule has 3 heterocycles. The predicted molar refractivity (Wildman–Crippen MR) is 87.8 cm³/mol. The van der Waals surface area contributed by atoms with E-state index in [4.69, 9.17) is 20.8 Å². The molecule has 1 aliphatic rings. The Morgan fingerprint density at radius 1 is 1.30 bits per heavy atom. The topological polar surface area (TPSA) is 64.4 Å². The van der Waals surface area contributed by atoms with Crippen LogP contribution in [-0.4, -0.2) is 30.1 Å². The number of furan rings is 1. The first-order chi connectivity index (χ1) is 11.2. The van der Waals surface area contributed by atoms with Gasteiger partial charge in [-0.3, -0.25) is 4.79 Å². The molecule has 1 amide bonds. The summed E-state index contributed by atoms with van der Waals surface area (Å²) in [6, 6.07) is 9.13. The van der Waals surface area contributed by atoms with Crippen LogP contribution in [0.3, 0.4) is 0 Å². The number of carbonyl (C=O) groups excluding carboxylic acids is 1. The van der Waals surface area contributed by atoms with Crippen molar-refractivity contribution in [1.29, 1.82) is 0 Å². The third-order valence-corrected chi connectivity index (χ3v) is 4.24. The van der Waals surface area contributed by atoms with Crippen molar-refractivity contribution in [2.24, 2.45) is 0 Å². The van der Waals surface area contributed by atoms with Gasteiger partial charge in [0.15, 0.2) is 5.76 Å². The minimum atomic E-state index is -0.249. The molecule has 0 radical (unpaired) electrons. The lowest BCUT2D eigenvalue weighted by molar-refractivity contribution is 0.0836. The van der Waals surface area contributed by atoms with Crippen molar-refractivity contribution >= 4 is 39.5 Å². The third-order valence-electron chi connectivity index (χ3n) is 4.00. The Labute approximate surface area is 137 Å². The summed E-state index contributed by atoms with van der Waals surface area (Å²) >= 11 is 5.98. The standard InChI is InChI=1S/C17H15ClN2O3/c18-12-4-3-10-6-11-7-15(23-17(11)20-14(10)8-12)16(21)19-9-13-2-1-5-22-13/h3-4,6-8,13H,1-2,5,9H2,(H,19,21). The van der Waals surface area contributed by atoms with Gasteiger partial charge in [-0.1, -0.05) is 17.7 Å². The Kier molecular flexibility index (Phi) is 3.67. The minimum Gasteiger partial charge on any atom is -0.433 e. The number of benzene rings is 1. The minimum absolute atomic E-state index is 0.103. The first-order valence-electron chi connectivity index (χ1n) is 7.59. The third kappa shape index (κ3) is 2.90. The number of halogens is 1. The van der Waals surface area contributed by atoms with E-state index in [9.17, 15) is 4.79 Å².